The zero-order valence-corrected chi connectivity index (χ0v) is 8.41. The van der Waals surface area contributed by atoms with Gasteiger partial charge in [0.2, 0.25) is 5.82 Å². The van der Waals surface area contributed by atoms with Crippen LogP contribution in [0, 0.1) is 0 Å². The van der Waals surface area contributed by atoms with Crippen molar-refractivity contribution in [3.63, 3.8) is 0 Å². The first-order valence-corrected chi connectivity index (χ1v) is 4.52. The zero-order chi connectivity index (χ0) is 12.3. The molecule has 3 N–H and O–H groups in total. The van der Waals surface area contributed by atoms with E-state index in [9.17, 15) is 9.59 Å². The third-order valence-corrected chi connectivity index (χ3v) is 1.87. The summed E-state index contributed by atoms with van der Waals surface area (Å²) >= 11 is 0. The molecular formula is C9H7N5O3. The molecule has 2 aromatic heterocycles. The average Bonchev–Trinajstić information content (AvgIpc) is 2.82. The van der Waals surface area contributed by atoms with Gasteiger partial charge >= 0.3 is 5.97 Å². The second kappa shape index (κ2) is 4.39. The summed E-state index contributed by atoms with van der Waals surface area (Å²) in [6.45, 7) is 0. The van der Waals surface area contributed by atoms with Crippen molar-refractivity contribution >= 4 is 17.6 Å². The minimum Gasteiger partial charge on any atom is -0.478 e. The summed E-state index contributed by atoms with van der Waals surface area (Å²) in [6, 6.07) is 1.30. The van der Waals surface area contributed by atoms with Gasteiger partial charge in [-0.2, -0.15) is 5.10 Å². The molecule has 86 valence electrons. The van der Waals surface area contributed by atoms with Crippen LogP contribution in [0.5, 0.6) is 0 Å². The molecule has 0 spiro atoms. The second-order valence-electron chi connectivity index (χ2n) is 3.06. The van der Waals surface area contributed by atoms with Crippen molar-refractivity contribution in [3.05, 3.63) is 36.2 Å². The first kappa shape index (κ1) is 10.7. The summed E-state index contributed by atoms with van der Waals surface area (Å²) < 4.78 is 0. The lowest BCUT2D eigenvalue weighted by Gasteiger charge is -2.02. The second-order valence-corrected chi connectivity index (χ2v) is 3.06. The Hall–Kier alpha value is -2.77. The molecular weight excluding hydrogens is 226 g/mol. The Morgan fingerprint density at radius 3 is 2.82 bits per heavy atom. The molecule has 2 aromatic rings. The number of hydrogen-bond donors (Lipinski definition) is 3. The van der Waals surface area contributed by atoms with Gasteiger partial charge in [0.1, 0.15) is 6.33 Å². The lowest BCUT2D eigenvalue weighted by molar-refractivity contribution is 0.0696. The predicted molar refractivity (Wildman–Crippen MR) is 55.5 cm³/mol. The fourth-order valence-electron chi connectivity index (χ4n) is 1.13. The van der Waals surface area contributed by atoms with Crippen LogP contribution in [0.15, 0.2) is 24.8 Å². The Balaban J connectivity index is 2.16. The van der Waals surface area contributed by atoms with E-state index in [4.69, 9.17) is 5.11 Å². The van der Waals surface area contributed by atoms with Gasteiger partial charge in [0.15, 0.2) is 0 Å². The molecule has 0 bridgehead atoms. The molecule has 0 saturated heterocycles. The number of nitrogens with zero attached hydrogens (tertiary/aromatic N) is 3. The molecule has 0 aromatic carbocycles. The van der Waals surface area contributed by atoms with Gasteiger partial charge in [-0.15, -0.1) is 0 Å². The molecule has 2 heterocycles. The molecule has 0 aliphatic carbocycles. The summed E-state index contributed by atoms with van der Waals surface area (Å²) in [5.41, 5.74) is 0.256. The van der Waals surface area contributed by atoms with Crippen LogP contribution in [0.25, 0.3) is 0 Å². The first-order chi connectivity index (χ1) is 8.16. The number of pyridine rings is 1. The maximum absolute atomic E-state index is 11.5. The number of H-pyrrole nitrogens is 1. The fourth-order valence-corrected chi connectivity index (χ4v) is 1.13. The minimum absolute atomic E-state index is 0.0135. The van der Waals surface area contributed by atoms with Crippen LogP contribution >= 0.6 is 0 Å². The van der Waals surface area contributed by atoms with Gasteiger partial charge in [0, 0.05) is 6.20 Å². The molecule has 0 aliphatic heterocycles. The molecule has 0 atom stereocenters. The quantitative estimate of drug-likeness (QED) is 0.693. The van der Waals surface area contributed by atoms with Crippen molar-refractivity contribution in [2.75, 3.05) is 5.32 Å². The van der Waals surface area contributed by atoms with Crippen LogP contribution in [0.3, 0.4) is 0 Å². The van der Waals surface area contributed by atoms with Gasteiger partial charge < -0.3 is 10.4 Å². The summed E-state index contributed by atoms with van der Waals surface area (Å²) in [7, 11) is 0. The van der Waals surface area contributed by atoms with E-state index in [0.29, 0.717) is 0 Å². The third kappa shape index (κ3) is 2.43. The van der Waals surface area contributed by atoms with Crippen LogP contribution in [0.1, 0.15) is 21.0 Å². The lowest BCUT2D eigenvalue weighted by Crippen LogP contribution is -2.14. The van der Waals surface area contributed by atoms with Crippen LogP contribution < -0.4 is 5.32 Å². The van der Waals surface area contributed by atoms with E-state index >= 15 is 0 Å². The van der Waals surface area contributed by atoms with E-state index in [1.54, 1.807) is 0 Å². The molecule has 0 saturated carbocycles. The highest BCUT2D eigenvalue weighted by Gasteiger charge is 2.10. The van der Waals surface area contributed by atoms with Crippen molar-refractivity contribution in [1.82, 2.24) is 20.2 Å². The number of hydrogen-bond acceptors (Lipinski definition) is 5. The van der Waals surface area contributed by atoms with E-state index in [2.05, 4.69) is 25.5 Å². The number of aromatic amines is 1. The highest BCUT2D eigenvalue weighted by Crippen LogP contribution is 2.09. The van der Waals surface area contributed by atoms with Crippen molar-refractivity contribution in [2.45, 2.75) is 0 Å². The minimum atomic E-state index is -1.12. The number of carbonyl (C=O) groups excluding carboxylic acids is 1. The van der Waals surface area contributed by atoms with Crippen molar-refractivity contribution < 1.29 is 14.7 Å². The third-order valence-electron chi connectivity index (χ3n) is 1.87. The van der Waals surface area contributed by atoms with E-state index in [1.807, 2.05) is 0 Å². The van der Waals surface area contributed by atoms with Crippen LogP contribution in [-0.2, 0) is 0 Å². The number of carboxylic acid groups (broad SMARTS) is 1. The Labute approximate surface area is 94.7 Å². The standard InChI is InChI=1S/C9H7N5O3/c15-8(7-11-4-12-14-7)13-6-1-5(9(16)17)2-10-3-6/h1-4H,(H,13,15)(H,16,17)(H,11,12,14). The van der Waals surface area contributed by atoms with Crippen LogP contribution in [0.2, 0.25) is 0 Å². The number of anilines is 1. The lowest BCUT2D eigenvalue weighted by atomic mass is 10.2. The number of aromatic nitrogens is 4. The monoisotopic (exact) mass is 233 g/mol. The van der Waals surface area contributed by atoms with Gasteiger partial charge in [0.05, 0.1) is 17.4 Å². The van der Waals surface area contributed by atoms with Gasteiger partial charge in [-0.3, -0.25) is 14.9 Å². The van der Waals surface area contributed by atoms with E-state index in [1.165, 1.54) is 24.8 Å². The summed E-state index contributed by atoms with van der Waals surface area (Å²) in [5.74, 6) is -1.61. The summed E-state index contributed by atoms with van der Waals surface area (Å²) in [5, 5.41) is 17.1. The number of carboxylic acids is 1. The summed E-state index contributed by atoms with van der Waals surface area (Å²) in [4.78, 5) is 29.6. The van der Waals surface area contributed by atoms with Crippen LogP contribution in [-0.4, -0.2) is 37.1 Å². The predicted octanol–water partition coefficient (Wildman–Crippen LogP) is 0.150. The highest BCUT2D eigenvalue weighted by molar-refractivity contribution is 6.01. The van der Waals surface area contributed by atoms with Crippen LogP contribution in [0.4, 0.5) is 5.69 Å². The maximum atomic E-state index is 11.5. The van der Waals surface area contributed by atoms with Gasteiger partial charge in [-0.1, -0.05) is 0 Å². The largest absolute Gasteiger partial charge is 0.478 e. The normalized spacial score (nSPS) is 9.88. The molecule has 0 fully saturated rings. The average molecular weight is 233 g/mol. The molecule has 8 heteroatoms. The maximum Gasteiger partial charge on any atom is 0.337 e. The Morgan fingerprint density at radius 2 is 2.18 bits per heavy atom. The van der Waals surface area contributed by atoms with E-state index < -0.39 is 11.9 Å². The molecule has 2 rings (SSSR count). The Bertz CT molecular complexity index is 552. The van der Waals surface area contributed by atoms with Gasteiger partial charge in [0.25, 0.3) is 5.91 Å². The Kier molecular flexibility index (Phi) is 2.77. The molecule has 17 heavy (non-hydrogen) atoms. The number of rotatable bonds is 3. The van der Waals surface area contributed by atoms with E-state index in [-0.39, 0.29) is 17.1 Å². The number of carbonyl (C=O) groups is 2. The number of aromatic carboxylic acids is 1. The number of amides is 1. The van der Waals surface area contributed by atoms with Crippen molar-refractivity contribution in [3.8, 4) is 0 Å². The SMILES string of the molecule is O=C(O)c1cncc(NC(=O)c2ncn[nH]2)c1. The molecule has 1 amide bonds. The number of nitrogens with one attached hydrogen (secondary N) is 2. The zero-order valence-electron chi connectivity index (χ0n) is 8.41. The Morgan fingerprint density at radius 1 is 1.35 bits per heavy atom. The molecule has 8 nitrogen and oxygen atoms in total. The smallest absolute Gasteiger partial charge is 0.337 e. The van der Waals surface area contributed by atoms with Crippen molar-refractivity contribution in [2.24, 2.45) is 0 Å². The van der Waals surface area contributed by atoms with Gasteiger partial charge in [-0.25, -0.2) is 9.78 Å². The highest BCUT2D eigenvalue weighted by atomic mass is 16.4. The van der Waals surface area contributed by atoms with Gasteiger partial charge in [-0.05, 0) is 6.07 Å². The molecule has 0 aliphatic rings. The fraction of sp³-hybridized carbons (Fsp3) is 0. The topological polar surface area (TPSA) is 121 Å². The first-order valence-electron chi connectivity index (χ1n) is 4.52. The molecule has 0 radical (unpaired) electrons. The molecule has 0 unspecified atom stereocenters. The van der Waals surface area contributed by atoms with Crippen molar-refractivity contribution in [1.29, 1.82) is 0 Å². The summed E-state index contributed by atoms with van der Waals surface area (Å²) in [6.07, 6.45) is 3.72. The van der Waals surface area contributed by atoms with E-state index in [0.717, 1.165) is 0 Å².